The van der Waals surface area contributed by atoms with E-state index in [0.29, 0.717) is 5.06 Å². The normalized spacial score (nSPS) is 15.5. The van der Waals surface area contributed by atoms with Crippen LogP contribution in [0.25, 0.3) is 0 Å². The van der Waals surface area contributed by atoms with E-state index in [4.69, 9.17) is 21.7 Å². The van der Waals surface area contributed by atoms with Crippen molar-refractivity contribution in [3.8, 4) is 6.07 Å². The van der Waals surface area contributed by atoms with Crippen LogP contribution in [0, 0.1) is 11.3 Å². The lowest BCUT2D eigenvalue weighted by Gasteiger charge is -2.25. The lowest BCUT2D eigenvalue weighted by atomic mass is 10.1. The zero-order chi connectivity index (χ0) is 17.4. The van der Waals surface area contributed by atoms with Gasteiger partial charge in [0.1, 0.15) is 10.4 Å². The van der Waals surface area contributed by atoms with Crippen LogP contribution in [0.5, 0.6) is 0 Å². The summed E-state index contributed by atoms with van der Waals surface area (Å²) in [5.41, 5.74) is -0.604. The van der Waals surface area contributed by atoms with Gasteiger partial charge in [-0.1, -0.05) is 17.2 Å². The van der Waals surface area contributed by atoms with Crippen molar-refractivity contribution in [1.82, 2.24) is 5.06 Å². The van der Waals surface area contributed by atoms with Crippen LogP contribution >= 0.6 is 11.6 Å². The number of imide groups is 1. The molecule has 0 aromatic heterocycles. The van der Waals surface area contributed by atoms with Gasteiger partial charge in [0, 0.05) is 0 Å². The molecule has 0 spiro atoms. The molecule has 2 rings (SSSR count). The summed E-state index contributed by atoms with van der Waals surface area (Å²) in [6.07, 6.45) is 0. The van der Waals surface area contributed by atoms with Gasteiger partial charge in [-0.3, -0.25) is 9.59 Å². The van der Waals surface area contributed by atoms with Crippen LogP contribution in [0.1, 0.15) is 48.4 Å². The summed E-state index contributed by atoms with van der Waals surface area (Å²) in [5.74, 6) is -1.26. The van der Waals surface area contributed by atoms with Gasteiger partial charge < -0.3 is 4.84 Å². The molecular weight excluding hydrogens is 318 g/mol. The maximum absolute atomic E-state index is 12.3. The number of aliphatic imine (C=N–C) groups is 1. The van der Waals surface area contributed by atoms with Crippen LogP contribution in [0.3, 0.4) is 0 Å². The second kappa shape index (κ2) is 5.67. The molecule has 0 atom stereocenters. The monoisotopic (exact) mass is 333 g/mol. The highest BCUT2D eigenvalue weighted by Crippen LogP contribution is 2.26. The second-order valence-corrected chi connectivity index (χ2v) is 7.05. The van der Waals surface area contributed by atoms with E-state index in [1.165, 1.54) is 0 Å². The quantitative estimate of drug-likeness (QED) is 0.368. The molecule has 0 radical (unpaired) electrons. The molecule has 7 heteroatoms. The van der Waals surface area contributed by atoms with Gasteiger partial charge in [0.2, 0.25) is 5.90 Å². The second-order valence-electron chi connectivity index (χ2n) is 6.10. The fourth-order valence-corrected chi connectivity index (χ4v) is 1.95. The number of benzene rings is 1. The van der Waals surface area contributed by atoms with E-state index < -0.39 is 22.2 Å². The van der Waals surface area contributed by atoms with Crippen LogP contribution in [-0.2, 0) is 4.84 Å². The molecule has 0 N–H and O–H groups in total. The van der Waals surface area contributed by atoms with Crippen LogP contribution in [-0.4, -0.2) is 33.2 Å². The number of hydrogen-bond donors (Lipinski definition) is 0. The lowest BCUT2D eigenvalue weighted by molar-refractivity contribution is -0.0256. The highest BCUT2D eigenvalue weighted by atomic mass is 35.5. The van der Waals surface area contributed by atoms with Gasteiger partial charge in [-0.15, -0.1) is 11.6 Å². The molecule has 1 aromatic rings. The number of fused-ring (bicyclic) bond motifs is 1. The maximum Gasteiger partial charge on any atom is 0.295 e. The summed E-state index contributed by atoms with van der Waals surface area (Å²) in [5, 5.41) is 9.74. The summed E-state index contributed by atoms with van der Waals surface area (Å²) in [6.45, 7) is 6.33. The van der Waals surface area contributed by atoms with E-state index in [9.17, 15) is 9.59 Å². The molecule has 6 nitrogen and oxygen atoms in total. The first-order chi connectivity index (χ1) is 10.6. The number of hydroxylamine groups is 2. The number of nitrogens with zero attached hydrogens (tertiary/aromatic N) is 3. The number of halogens is 1. The molecule has 0 bridgehead atoms. The summed E-state index contributed by atoms with van der Waals surface area (Å²) in [4.78, 5) is 33.1. The SMILES string of the molecule is CC(C)(C#N)N=C(ON1C(=O)c2ccccc2C1=O)C(C)(C)Cl. The van der Waals surface area contributed by atoms with Crippen molar-refractivity contribution < 1.29 is 14.4 Å². The molecule has 120 valence electrons. The Balaban J connectivity index is 2.39. The molecule has 0 unspecified atom stereocenters. The molecule has 2 amide bonds. The third-order valence-electron chi connectivity index (χ3n) is 3.10. The summed E-state index contributed by atoms with van der Waals surface area (Å²) < 4.78 is 0. The largest absolute Gasteiger partial charge is 0.351 e. The molecule has 23 heavy (non-hydrogen) atoms. The zero-order valence-corrected chi connectivity index (χ0v) is 14.0. The molecule has 0 fully saturated rings. The van der Waals surface area contributed by atoms with E-state index in [2.05, 4.69) is 4.99 Å². The van der Waals surface area contributed by atoms with E-state index in [0.717, 1.165) is 0 Å². The Kier molecular flexibility index (Phi) is 4.18. The van der Waals surface area contributed by atoms with E-state index >= 15 is 0 Å². The molecule has 1 aromatic carbocycles. The predicted molar refractivity (Wildman–Crippen MR) is 85.1 cm³/mol. The highest BCUT2D eigenvalue weighted by molar-refractivity contribution is 6.34. The standard InChI is InChI=1S/C16H16ClN3O3/c1-15(2,9-18)19-14(16(3,4)17)23-20-12(21)10-7-5-6-8-11(10)13(20)22/h5-8H,1-4H3. The smallest absolute Gasteiger partial charge is 0.295 e. The number of amides is 2. The fraction of sp³-hybridized carbons (Fsp3) is 0.375. The first-order valence-electron chi connectivity index (χ1n) is 6.93. The third-order valence-corrected chi connectivity index (χ3v) is 3.26. The first kappa shape index (κ1) is 17.0. The fourth-order valence-electron chi connectivity index (χ4n) is 1.88. The minimum atomic E-state index is -1.11. The van der Waals surface area contributed by atoms with Gasteiger partial charge in [0.25, 0.3) is 11.8 Å². The van der Waals surface area contributed by atoms with Crippen molar-refractivity contribution in [2.24, 2.45) is 4.99 Å². The van der Waals surface area contributed by atoms with Crippen LogP contribution in [0.2, 0.25) is 0 Å². The Morgan fingerprint density at radius 2 is 1.65 bits per heavy atom. The number of carbonyl (C=O) groups excluding carboxylic acids is 2. The van der Waals surface area contributed by atoms with Crippen LogP contribution in [0.15, 0.2) is 29.3 Å². The van der Waals surface area contributed by atoms with Crippen molar-refractivity contribution in [3.05, 3.63) is 35.4 Å². The van der Waals surface area contributed by atoms with Gasteiger partial charge in [-0.05, 0) is 39.8 Å². The van der Waals surface area contributed by atoms with Crippen LogP contribution in [0.4, 0.5) is 0 Å². The number of nitriles is 1. The minimum absolute atomic E-state index is 0.0831. The molecular formula is C16H16ClN3O3. The Morgan fingerprint density at radius 3 is 2.04 bits per heavy atom. The zero-order valence-electron chi connectivity index (χ0n) is 13.3. The maximum atomic E-state index is 12.3. The van der Waals surface area contributed by atoms with Gasteiger partial charge in [0.05, 0.1) is 17.2 Å². The van der Waals surface area contributed by atoms with Crippen molar-refractivity contribution in [2.75, 3.05) is 0 Å². The topological polar surface area (TPSA) is 82.8 Å². The minimum Gasteiger partial charge on any atom is -0.351 e. The average molecular weight is 334 g/mol. The van der Waals surface area contributed by atoms with Crippen molar-refractivity contribution in [2.45, 2.75) is 38.1 Å². The first-order valence-corrected chi connectivity index (χ1v) is 7.31. The van der Waals surface area contributed by atoms with Gasteiger partial charge in [0.15, 0.2) is 0 Å². The number of alkyl halides is 1. The predicted octanol–water partition coefficient (Wildman–Crippen LogP) is 2.93. The summed E-state index contributed by atoms with van der Waals surface area (Å²) in [6, 6.07) is 8.40. The highest BCUT2D eigenvalue weighted by Gasteiger charge is 2.40. The lowest BCUT2D eigenvalue weighted by Crippen LogP contribution is -2.40. The molecule has 1 aliphatic rings. The van der Waals surface area contributed by atoms with Crippen molar-refractivity contribution in [3.63, 3.8) is 0 Å². The number of rotatable bonds is 3. The Labute approximate surface area is 139 Å². The Morgan fingerprint density at radius 1 is 1.17 bits per heavy atom. The van der Waals surface area contributed by atoms with Gasteiger partial charge >= 0.3 is 0 Å². The number of hydrogen-bond acceptors (Lipinski definition) is 5. The van der Waals surface area contributed by atoms with E-state index in [-0.39, 0.29) is 17.0 Å². The summed E-state index contributed by atoms with van der Waals surface area (Å²) >= 11 is 6.23. The Hall–Kier alpha value is -2.39. The van der Waals surface area contributed by atoms with E-state index in [1.807, 2.05) is 6.07 Å². The van der Waals surface area contributed by atoms with Gasteiger partial charge in [-0.2, -0.15) is 5.26 Å². The molecule has 0 saturated heterocycles. The van der Waals surface area contributed by atoms with Gasteiger partial charge in [-0.25, -0.2) is 4.99 Å². The summed E-state index contributed by atoms with van der Waals surface area (Å²) in [7, 11) is 0. The molecule has 0 aliphatic carbocycles. The molecule has 1 aliphatic heterocycles. The Bertz CT molecular complexity index is 707. The third kappa shape index (κ3) is 3.35. The molecule has 1 heterocycles. The van der Waals surface area contributed by atoms with Crippen molar-refractivity contribution >= 4 is 29.3 Å². The van der Waals surface area contributed by atoms with E-state index in [1.54, 1.807) is 52.0 Å². The average Bonchev–Trinajstić information content (AvgIpc) is 2.71. The van der Waals surface area contributed by atoms with Crippen molar-refractivity contribution in [1.29, 1.82) is 5.26 Å². The number of carbonyl (C=O) groups is 2. The molecule has 0 saturated carbocycles. The van der Waals surface area contributed by atoms with Crippen LogP contribution < -0.4 is 0 Å².